The van der Waals surface area contributed by atoms with Crippen molar-refractivity contribution in [2.75, 3.05) is 24.1 Å². The molecule has 1 aromatic heterocycles. The second-order valence-electron chi connectivity index (χ2n) is 7.93. The summed E-state index contributed by atoms with van der Waals surface area (Å²) in [5, 5.41) is 5.18. The van der Waals surface area contributed by atoms with Crippen LogP contribution in [0.15, 0.2) is 35.7 Å². The van der Waals surface area contributed by atoms with Gasteiger partial charge in [0.2, 0.25) is 10.0 Å². The molecule has 1 amide bonds. The number of hydrogen-bond acceptors (Lipinski definition) is 5. The van der Waals surface area contributed by atoms with Crippen LogP contribution in [0.5, 0.6) is 0 Å². The molecule has 6 nitrogen and oxygen atoms in total. The molecule has 0 saturated carbocycles. The van der Waals surface area contributed by atoms with Crippen LogP contribution >= 0.6 is 23.7 Å². The Hall–Kier alpha value is -1.61. The SMILES string of the molecule is CCC[C@@H]1Cc2ccsc2[C@H](C)N1CCCNC(=O)c1ccc(NS(C)(=O)=O)cc1.Cl. The molecule has 31 heavy (non-hydrogen) atoms. The normalized spacial score (nSPS) is 18.7. The van der Waals surface area contributed by atoms with Crippen LogP contribution in [0.4, 0.5) is 5.69 Å². The molecule has 0 bridgehead atoms. The Kier molecular flexibility index (Phi) is 9.36. The van der Waals surface area contributed by atoms with Crippen molar-refractivity contribution < 1.29 is 13.2 Å². The van der Waals surface area contributed by atoms with Crippen molar-refractivity contribution in [3.05, 3.63) is 51.7 Å². The summed E-state index contributed by atoms with van der Waals surface area (Å²) >= 11 is 1.85. The van der Waals surface area contributed by atoms with Gasteiger partial charge in [0.15, 0.2) is 0 Å². The highest BCUT2D eigenvalue weighted by Gasteiger charge is 2.31. The third-order valence-corrected chi connectivity index (χ3v) is 7.27. The number of anilines is 1. The van der Waals surface area contributed by atoms with Crippen LogP contribution in [0.1, 0.15) is 60.0 Å². The average Bonchev–Trinajstić information content (AvgIpc) is 3.15. The maximum atomic E-state index is 12.4. The lowest BCUT2D eigenvalue weighted by Crippen LogP contribution is -2.43. The fourth-order valence-electron chi connectivity index (χ4n) is 4.17. The summed E-state index contributed by atoms with van der Waals surface area (Å²) in [7, 11) is -3.32. The monoisotopic (exact) mass is 485 g/mol. The third-order valence-electron chi connectivity index (χ3n) is 5.53. The van der Waals surface area contributed by atoms with E-state index >= 15 is 0 Å². The lowest BCUT2D eigenvalue weighted by Gasteiger charge is -2.40. The molecule has 2 aromatic rings. The summed E-state index contributed by atoms with van der Waals surface area (Å²) in [6, 6.07) is 9.72. The van der Waals surface area contributed by atoms with Gasteiger partial charge in [0, 0.05) is 41.3 Å². The van der Waals surface area contributed by atoms with Gasteiger partial charge >= 0.3 is 0 Å². The summed E-state index contributed by atoms with van der Waals surface area (Å²) in [5.41, 5.74) is 2.47. The number of thiophene rings is 1. The first-order valence-electron chi connectivity index (χ1n) is 10.5. The summed E-state index contributed by atoms with van der Waals surface area (Å²) in [6.07, 6.45) is 5.48. The summed E-state index contributed by atoms with van der Waals surface area (Å²) in [5.74, 6) is -0.141. The van der Waals surface area contributed by atoms with E-state index in [0.717, 1.165) is 25.6 Å². The van der Waals surface area contributed by atoms with Gasteiger partial charge in [-0.25, -0.2) is 8.42 Å². The highest BCUT2D eigenvalue weighted by atomic mass is 35.5. The Morgan fingerprint density at radius 1 is 1.23 bits per heavy atom. The Labute approximate surface area is 195 Å². The standard InChI is InChI=1S/C22H31N3O3S2.ClH/c1-4-6-20-15-18-11-14-29-21(18)16(2)25(20)13-5-12-23-22(26)17-7-9-19(10-8-17)24-30(3,27)28;/h7-11,14,16,20,24H,4-6,12-13,15H2,1-3H3,(H,23,26);1H/t16-,20+;/m0./s1. The topological polar surface area (TPSA) is 78.5 Å². The molecule has 0 spiro atoms. The minimum absolute atomic E-state index is 0. The number of halogens is 1. The number of nitrogens with zero attached hydrogens (tertiary/aromatic N) is 1. The van der Waals surface area contributed by atoms with Gasteiger partial charge < -0.3 is 5.32 Å². The van der Waals surface area contributed by atoms with Crippen molar-refractivity contribution in [3.63, 3.8) is 0 Å². The Morgan fingerprint density at radius 2 is 1.94 bits per heavy atom. The molecule has 0 aliphatic carbocycles. The highest BCUT2D eigenvalue weighted by molar-refractivity contribution is 7.92. The summed E-state index contributed by atoms with van der Waals surface area (Å²) < 4.78 is 24.9. The third kappa shape index (κ3) is 6.94. The molecule has 2 N–H and O–H groups in total. The molecule has 3 rings (SSSR count). The molecule has 0 saturated heterocycles. The minimum Gasteiger partial charge on any atom is -0.352 e. The van der Waals surface area contributed by atoms with Crippen LogP contribution in [0.25, 0.3) is 0 Å². The second kappa shape index (κ2) is 11.3. The number of amides is 1. The minimum atomic E-state index is -3.32. The molecule has 0 radical (unpaired) electrons. The number of benzene rings is 1. The van der Waals surface area contributed by atoms with Crippen molar-refractivity contribution in [3.8, 4) is 0 Å². The number of fused-ring (bicyclic) bond motifs is 1. The van der Waals surface area contributed by atoms with Crippen LogP contribution in [-0.2, 0) is 16.4 Å². The molecule has 1 aliphatic rings. The second-order valence-corrected chi connectivity index (χ2v) is 10.6. The van der Waals surface area contributed by atoms with Crippen molar-refractivity contribution in [1.29, 1.82) is 0 Å². The molecule has 2 atom stereocenters. The zero-order valence-electron chi connectivity index (χ0n) is 18.3. The van der Waals surface area contributed by atoms with Gasteiger partial charge in [0.25, 0.3) is 5.91 Å². The predicted octanol–water partition coefficient (Wildman–Crippen LogP) is 4.45. The predicted molar refractivity (Wildman–Crippen MR) is 131 cm³/mol. The van der Waals surface area contributed by atoms with E-state index in [9.17, 15) is 13.2 Å². The first kappa shape index (κ1) is 25.6. The molecule has 172 valence electrons. The molecular formula is C22H32ClN3O3S2. The van der Waals surface area contributed by atoms with Crippen LogP contribution in [-0.4, -0.2) is 44.6 Å². The average molecular weight is 486 g/mol. The van der Waals surface area contributed by atoms with E-state index in [4.69, 9.17) is 0 Å². The van der Waals surface area contributed by atoms with Gasteiger partial charge in [-0.05, 0) is 67.5 Å². The maximum Gasteiger partial charge on any atom is 0.251 e. The number of carbonyl (C=O) groups is 1. The van der Waals surface area contributed by atoms with Crippen molar-refractivity contribution >= 4 is 45.4 Å². The fraction of sp³-hybridized carbons (Fsp3) is 0.500. The van der Waals surface area contributed by atoms with Crippen LogP contribution in [0.3, 0.4) is 0 Å². The van der Waals surface area contributed by atoms with Gasteiger partial charge in [0.05, 0.1) is 6.26 Å². The number of rotatable bonds is 9. The van der Waals surface area contributed by atoms with E-state index in [0.29, 0.717) is 29.9 Å². The fourth-order valence-corrected chi connectivity index (χ4v) is 5.75. The van der Waals surface area contributed by atoms with Gasteiger partial charge in [-0.2, -0.15) is 0 Å². The maximum absolute atomic E-state index is 12.4. The van der Waals surface area contributed by atoms with E-state index in [-0.39, 0.29) is 18.3 Å². The smallest absolute Gasteiger partial charge is 0.251 e. The van der Waals surface area contributed by atoms with Crippen LogP contribution < -0.4 is 10.0 Å². The summed E-state index contributed by atoms with van der Waals surface area (Å²) in [4.78, 5) is 16.5. The quantitative estimate of drug-likeness (QED) is 0.514. The Morgan fingerprint density at radius 3 is 2.58 bits per heavy atom. The number of sulfonamides is 1. The van der Waals surface area contributed by atoms with Crippen molar-refractivity contribution in [1.82, 2.24) is 10.2 Å². The number of nitrogens with one attached hydrogen (secondary N) is 2. The largest absolute Gasteiger partial charge is 0.352 e. The molecule has 9 heteroatoms. The molecule has 1 aromatic carbocycles. The van der Waals surface area contributed by atoms with Crippen molar-refractivity contribution in [2.45, 2.75) is 51.6 Å². The zero-order valence-corrected chi connectivity index (χ0v) is 20.7. The first-order valence-corrected chi connectivity index (χ1v) is 13.2. The molecule has 0 fully saturated rings. The number of carbonyl (C=O) groups excluding carboxylic acids is 1. The van der Waals surface area contributed by atoms with Crippen LogP contribution in [0, 0.1) is 0 Å². The van der Waals surface area contributed by atoms with Gasteiger partial charge in [0.1, 0.15) is 0 Å². The first-order chi connectivity index (χ1) is 14.3. The van der Waals surface area contributed by atoms with Gasteiger partial charge in [-0.15, -0.1) is 23.7 Å². The van der Waals surface area contributed by atoms with Gasteiger partial charge in [-0.3, -0.25) is 14.4 Å². The lowest BCUT2D eigenvalue weighted by atomic mass is 9.92. The zero-order chi connectivity index (χ0) is 21.7. The van der Waals surface area contributed by atoms with E-state index in [1.807, 2.05) is 11.3 Å². The van der Waals surface area contributed by atoms with Crippen LogP contribution in [0.2, 0.25) is 0 Å². The summed E-state index contributed by atoms with van der Waals surface area (Å²) in [6.45, 7) is 6.10. The molecular weight excluding hydrogens is 454 g/mol. The number of hydrogen-bond donors (Lipinski definition) is 2. The highest BCUT2D eigenvalue weighted by Crippen LogP contribution is 2.37. The Balaban J connectivity index is 0.00000341. The van der Waals surface area contributed by atoms with E-state index in [1.54, 1.807) is 24.3 Å². The lowest BCUT2D eigenvalue weighted by molar-refractivity contribution is 0.0942. The van der Waals surface area contributed by atoms with Crippen molar-refractivity contribution in [2.24, 2.45) is 0 Å². The van der Waals surface area contributed by atoms with E-state index in [1.165, 1.54) is 23.3 Å². The van der Waals surface area contributed by atoms with E-state index < -0.39 is 10.0 Å². The molecule has 1 aliphatic heterocycles. The van der Waals surface area contributed by atoms with Gasteiger partial charge in [-0.1, -0.05) is 13.3 Å². The van der Waals surface area contributed by atoms with E-state index in [2.05, 4.69) is 40.2 Å². The molecule has 2 heterocycles. The molecule has 0 unspecified atom stereocenters. The Bertz CT molecular complexity index is 961.